The number of hydrogen-bond donors (Lipinski definition) is 2. The highest BCUT2D eigenvalue weighted by Crippen LogP contribution is 2.41. The van der Waals surface area contributed by atoms with Gasteiger partial charge in [0.2, 0.25) is 5.91 Å². The topological polar surface area (TPSA) is 173 Å². The minimum Gasteiger partial charge on any atom is -0.477 e. The molecular formula is C19H21N7O6S3. The van der Waals surface area contributed by atoms with E-state index in [1.165, 1.54) is 50.5 Å². The zero-order valence-corrected chi connectivity index (χ0v) is 21.3. The molecule has 2 aliphatic rings. The molecule has 16 heteroatoms. The van der Waals surface area contributed by atoms with Crippen LogP contribution >= 0.6 is 34.9 Å². The molecule has 35 heavy (non-hydrogen) atoms. The van der Waals surface area contributed by atoms with Crippen molar-refractivity contribution < 1.29 is 24.4 Å². The molecule has 2 aromatic heterocycles. The molecule has 3 atom stereocenters. The van der Waals surface area contributed by atoms with Crippen LogP contribution in [0.2, 0.25) is 0 Å². The molecule has 186 valence electrons. The van der Waals surface area contributed by atoms with Crippen LogP contribution in [-0.2, 0) is 20.9 Å². The highest BCUT2D eigenvalue weighted by molar-refractivity contribution is 8.01. The van der Waals surface area contributed by atoms with Gasteiger partial charge in [-0.05, 0) is 24.3 Å². The predicted molar refractivity (Wildman–Crippen MR) is 128 cm³/mol. The van der Waals surface area contributed by atoms with E-state index >= 15 is 0 Å². The zero-order chi connectivity index (χ0) is 25.4. The number of carboxylic acid groups (broad SMARTS) is 1. The first-order valence-corrected chi connectivity index (χ1v) is 13.2. The van der Waals surface area contributed by atoms with E-state index in [9.17, 15) is 29.6 Å². The van der Waals surface area contributed by atoms with Crippen LogP contribution in [0.15, 0.2) is 21.7 Å². The summed E-state index contributed by atoms with van der Waals surface area (Å²) in [6.07, 6.45) is 0. The fraction of sp³-hybridized carbons (Fsp3) is 0.474. The Hall–Kier alpha value is -2.98. The van der Waals surface area contributed by atoms with Gasteiger partial charge in [0.05, 0.1) is 29.3 Å². The molecule has 2 amide bonds. The number of carboxylic acids is 1. The van der Waals surface area contributed by atoms with Gasteiger partial charge in [0.25, 0.3) is 5.91 Å². The Morgan fingerprint density at radius 2 is 2.14 bits per heavy atom. The number of hydrogen-bond acceptors (Lipinski definition) is 11. The third kappa shape index (κ3) is 5.04. The number of carbonyl (C=O) groups is 3. The molecule has 4 heterocycles. The standard InChI is InChI=1S/C19H21N7O6S3/c1-8(5-24-9(2)4-12(23-24)26(31)32)15(27)20-13-16(28)25-14(18(29)30)11(6-33-17(13)25)7-34-19-22-21-10(3)35-19/h4,8,13,17H,5-7H2,1-3H3,(H,20,27)(H,29,30)/t8-,13+,17+/m0/s1. The maximum Gasteiger partial charge on any atom is 0.390 e. The van der Waals surface area contributed by atoms with E-state index in [4.69, 9.17) is 0 Å². The number of thioether (sulfide) groups is 2. The first kappa shape index (κ1) is 25.1. The molecule has 0 bridgehead atoms. The summed E-state index contributed by atoms with van der Waals surface area (Å²) in [6, 6.07) is 0.468. The summed E-state index contributed by atoms with van der Waals surface area (Å²) in [5.74, 6) is -2.26. The summed E-state index contributed by atoms with van der Waals surface area (Å²) in [5.41, 5.74) is 1.10. The summed E-state index contributed by atoms with van der Waals surface area (Å²) < 4.78 is 2.10. The number of amides is 2. The zero-order valence-electron chi connectivity index (χ0n) is 18.8. The number of β-lactam (4-membered cyclic amide) rings is 1. The third-order valence-corrected chi connectivity index (χ3v) is 8.87. The van der Waals surface area contributed by atoms with E-state index in [1.807, 2.05) is 6.92 Å². The lowest BCUT2D eigenvalue weighted by Crippen LogP contribution is -2.71. The van der Waals surface area contributed by atoms with Crippen LogP contribution in [0, 0.1) is 29.9 Å². The van der Waals surface area contributed by atoms with Crippen LogP contribution < -0.4 is 5.32 Å². The van der Waals surface area contributed by atoms with E-state index in [0.29, 0.717) is 22.8 Å². The van der Waals surface area contributed by atoms with Crippen molar-refractivity contribution in [3.8, 4) is 0 Å². The van der Waals surface area contributed by atoms with E-state index in [1.54, 1.807) is 13.8 Å². The van der Waals surface area contributed by atoms with E-state index in [-0.39, 0.29) is 18.1 Å². The van der Waals surface area contributed by atoms with Crippen LogP contribution in [0.1, 0.15) is 17.6 Å². The van der Waals surface area contributed by atoms with Gasteiger partial charge in [0.1, 0.15) is 22.1 Å². The number of carbonyl (C=O) groups excluding carboxylic acids is 2. The highest BCUT2D eigenvalue weighted by atomic mass is 32.2. The Balaban J connectivity index is 1.40. The SMILES string of the molecule is Cc1nnc(SCC2=C(C(=O)O)N3C(=O)[C@@H](NC(=O)[C@@H](C)Cn4nc([N+](=O)[O-])cc4C)[C@H]3SC2)s1. The first-order chi connectivity index (χ1) is 16.6. The smallest absolute Gasteiger partial charge is 0.390 e. The lowest BCUT2D eigenvalue weighted by molar-refractivity contribution is -0.389. The molecule has 13 nitrogen and oxygen atoms in total. The maximum atomic E-state index is 12.9. The molecule has 0 radical (unpaired) electrons. The number of nitrogens with zero attached hydrogens (tertiary/aromatic N) is 6. The summed E-state index contributed by atoms with van der Waals surface area (Å²) in [7, 11) is 0. The molecule has 1 fully saturated rings. The Bertz CT molecular complexity index is 1240. The van der Waals surface area contributed by atoms with Crippen molar-refractivity contribution in [2.24, 2.45) is 5.92 Å². The molecule has 0 saturated carbocycles. The van der Waals surface area contributed by atoms with E-state index in [2.05, 4.69) is 20.6 Å². The van der Waals surface area contributed by atoms with E-state index in [0.717, 1.165) is 9.35 Å². The number of nitrogens with one attached hydrogen (secondary N) is 1. The summed E-state index contributed by atoms with van der Waals surface area (Å²) in [5, 5.41) is 35.6. The molecule has 2 aromatic rings. The minimum atomic E-state index is -1.19. The quantitative estimate of drug-likeness (QED) is 0.204. The van der Waals surface area contributed by atoms with Crippen LogP contribution in [0.4, 0.5) is 5.82 Å². The average molecular weight is 540 g/mol. The molecule has 4 rings (SSSR count). The second kappa shape index (κ2) is 9.94. The van der Waals surface area contributed by atoms with Gasteiger partial charge in [0.15, 0.2) is 4.34 Å². The molecule has 1 saturated heterocycles. The molecule has 0 aromatic carbocycles. The Morgan fingerprint density at radius 3 is 2.74 bits per heavy atom. The van der Waals surface area contributed by atoms with Crippen LogP contribution in [0.5, 0.6) is 0 Å². The largest absolute Gasteiger partial charge is 0.477 e. The molecule has 0 aliphatic carbocycles. The van der Waals surface area contributed by atoms with Gasteiger partial charge in [-0.2, -0.15) is 4.68 Å². The Morgan fingerprint density at radius 1 is 1.40 bits per heavy atom. The average Bonchev–Trinajstić information content (AvgIpc) is 3.39. The van der Waals surface area contributed by atoms with Gasteiger partial charge in [-0.15, -0.1) is 22.0 Å². The second-order valence-electron chi connectivity index (χ2n) is 8.01. The molecule has 0 unspecified atom stereocenters. The maximum absolute atomic E-state index is 12.9. The summed E-state index contributed by atoms with van der Waals surface area (Å²) in [6.45, 7) is 5.21. The number of fused-ring (bicyclic) bond motifs is 1. The number of aryl methyl sites for hydroxylation is 2. The summed E-state index contributed by atoms with van der Waals surface area (Å²) >= 11 is 4.17. The van der Waals surface area contributed by atoms with Crippen molar-refractivity contribution in [1.82, 2.24) is 30.2 Å². The minimum absolute atomic E-state index is 0.0505. The number of rotatable bonds is 9. The van der Waals surface area contributed by atoms with Crippen LogP contribution in [-0.4, -0.2) is 75.6 Å². The van der Waals surface area contributed by atoms with Gasteiger partial charge in [-0.25, -0.2) is 4.79 Å². The van der Waals surface area contributed by atoms with Crippen molar-refractivity contribution in [2.45, 2.75) is 43.1 Å². The first-order valence-electron chi connectivity index (χ1n) is 10.4. The monoisotopic (exact) mass is 539 g/mol. The van der Waals surface area contributed by atoms with E-state index < -0.39 is 40.0 Å². The van der Waals surface area contributed by atoms with Gasteiger partial charge in [0, 0.05) is 11.5 Å². The van der Waals surface area contributed by atoms with Crippen LogP contribution in [0.3, 0.4) is 0 Å². The lowest BCUT2D eigenvalue weighted by atomic mass is 10.0. The van der Waals surface area contributed by atoms with Crippen molar-refractivity contribution in [3.63, 3.8) is 0 Å². The van der Waals surface area contributed by atoms with Crippen molar-refractivity contribution in [3.05, 3.63) is 38.2 Å². The van der Waals surface area contributed by atoms with Crippen molar-refractivity contribution >= 4 is 58.5 Å². The number of aromatic nitrogens is 4. The summed E-state index contributed by atoms with van der Waals surface area (Å²) in [4.78, 5) is 49.2. The van der Waals surface area contributed by atoms with Crippen molar-refractivity contribution in [2.75, 3.05) is 11.5 Å². The highest BCUT2D eigenvalue weighted by Gasteiger charge is 2.54. The molecule has 0 spiro atoms. The number of nitro groups is 1. The fourth-order valence-electron chi connectivity index (χ4n) is 3.68. The van der Waals surface area contributed by atoms with Gasteiger partial charge in [-0.1, -0.05) is 30.0 Å². The number of aliphatic carboxylic acids is 1. The van der Waals surface area contributed by atoms with Crippen molar-refractivity contribution in [1.29, 1.82) is 0 Å². The Kier molecular flexibility index (Phi) is 7.14. The predicted octanol–water partition coefficient (Wildman–Crippen LogP) is 1.43. The lowest BCUT2D eigenvalue weighted by Gasteiger charge is -2.49. The normalized spacial score (nSPS) is 20.3. The molecular weight excluding hydrogens is 518 g/mol. The Labute approximate surface area is 211 Å². The third-order valence-electron chi connectivity index (χ3n) is 5.47. The van der Waals surface area contributed by atoms with Gasteiger partial charge < -0.3 is 20.5 Å². The molecule has 2 N–H and O–H groups in total. The van der Waals surface area contributed by atoms with Gasteiger partial charge in [-0.3, -0.25) is 14.5 Å². The second-order valence-corrected chi connectivity index (χ2v) is 11.5. The molecule has 2 aliphatic heterocycles. The van der Waals surface area contributed by atoms with Crippen LogP contribution in [0.25, 0.3) is 0 Å². The van der Waals surface area contributed by atoms with Gasteiger partial charge >= 0.3 is 11.8 Å². The fourth-order valence-corrected chi connectivity index (χ4v) is 6.99.